The Morgan fingerprint density at radius 3 is 2.75 bits per heavy atom. The van der Waals surface area contributed by atoms with Crippen LogP contribution in [0.3, 0.4) is 0 Å². The number of carbonyl (C=O) groups is 1. The first-order valence-electron chi connectivity index (χ1n) is 6.57. The Kier molecular flexibility index (Phi) is 4.08. The normalized spacial score (nSPS) is 10.6. The molecule has 5 heteroatoms. The number of nitrogens with zero attached hydrogens (tertiary/aromatic N) is 1. The van der Waals surface area contributed by atoms with E-state index in [0.717, 1.165) is 24.0 Å². The Hall–Kier alpha value is -2.30. The number of aryl methyl sites for hydroxylation is 3. The fourth-order valence-corrected chi connectivity index (χ4v) is 2.06. The molecule has 0 radical (unpaired) electrons. The Morgan fingerprint density at radius 1 is 1.40 bits per heavy atom. The summed E-state index contributed by atoms with van der Waals surface area (Å²) < 4.78 is 5.20. The van der Waals surface area contributed by atoms with Gasteiger partial charge in [0.05, 0.1) is 11.8 Å². The average Bonchev–Trinajstić information content (AvgIpc) is 2.79. The summed E-state index contributed by atoms with van der Waals surface area (Å²) in [7, 11) is 0. The highest BCUT2D eigenvalue weighted by atomic mass is 16.4. The first-order chi connectivity index (χ1) is 9.51. The van der Waals surface area contributed by atoms with Gasteiger partial charge in [0, 0.05) is 0 Å². The Balaban J connectivity index is 2.29. The number of hydrogen-bond acceptors (Lipinski definition) is 4. The number of aromatic nitrogens is 1. The van der Waals surface area contributed by atoms with Crippen LogP contribution in [-0.4, -0.2) is 16.0 Å². The van der Waals surface area contributed by atoms with Crippen LogP contribution in [0.4, 0.5) is 6.01 Å². The third-order valence-electron chi connectivity index (χ3n) is 2.94. The molecule has 2 aromatic rings. The number of amides is 1. The standard InChI is InChI=1S/C15H18N2O3/c1-4-5-11-6-9(2)7-12(13(11)18)14(19)17-15-16-8-10(3)20-15/h6-8,18H,4-5H2,1-3H3,(H,16,17,19). The number of oxazole rings is 1. The molecule has 0 bridgehead atoms. The summed E-state index contributed by atoms with van der Waals surface area (Å²) >= 11 is 0. The summed E-state index contributed by atoms with van der Waals surface area (Å²) in [5, 5.41) is 12.7. The first kappa shape index (κ1) is 14.1. The highest BCUT2D eigenvalue weighted by molar-refractivity contribution is 6.05. The van der Waals surface area contributed by atoms with Gasteiger partial charge in [-0.1, -0.05) is 19.4 Å². The molecule has 0 saturated carbocycles. The van der Waals surface area contributed by atoms with Crippen LogP contribution >= 0.6 is 0 Å². The molecule has 106 valence electrons. The van der Waals surface area contributed by atoms with Gasteiger partial charge < -0.3 is 9.52 Å². The predicted molar refractivity (Wildman–Crippen MR) is 76.0 cm³/mol. The van der Waals surface area contributed by atoms with Crippen LogP contribution < -0.4 is 5.32 Å². The van der Waals surface area contributed by atoms with E-state index in [1.54, 1.807) is 13.0 Å². The second-order valence-corrected chi connectivity index (χ2v) is 4.80. The summed E-state index contributed by atoms with van der Waals surface area (Å²) in [6.07, 6.45) is 3.15. The zero-order valence-electron chi connectivity index (χ0n) is 11.9. The molecule has 1 heterocycles. The topological polar surface area (TPSA) is 75.4 Å². The molecule has 0 fully saturated rings. The minimum Gasteiger partial charge on any atom is -0.507 e. The zero-order chi connectivity index (χ0) is 14.7. The van der Waals surface area contributed by atoms with Gasteiger partial charge in [-0.15, -0.1) is 0 Å². The zero-order valence-corrected chi connectivity index (χ0v) is 11.9. The lowest BCUT2D eigenvalue weighted by Crippen LogP contribution is -2.13. The van der Waals surface area contributed by atoms with E-state index < -0.39 is 5.91 Å². The van der Waals surface area contributed by atoms with Crippen LogP contribution in [0.2, 0.25) is 0 Å². The predicted octanol–water partition coefficient (Wildman–Crippen LogP) is 3.20. The fourth-order valence-electron chi connectivity index (χ4n) is 2.06. The molecule has 0 spiro atoms. The number of anilines is 1. The lowest BCUT2D eigenvalue weighted by atomic mass is 10.0. The highest BCUT2D eigenvalue weighted by Gasteiger charge is 2.17. The van der Waals surface area contributed by atoms with Gasteiger partial charge in [-0.05, 0) is 37.5 Å². The first-order valence-corrected chi connectivity index (χ1v) is 6.57. The maximum atomic E-state index is 12.2. The van der Waals surface area contributed by atoms with E-state index in [1.165, 1.54) is 6.20 Å². The van der Waals surface area contributed by atoms with Crippen molar-refractivity contribution in [3.05, 3.63) is 40.8 Å². The maximum absolute atomic E-state index is 12.2. The minimum absolute atomic E-state index is 0.0261. The van der Waals surface area contributed by atoms with Crippen molar-refractivity contribution in [2.45, 2.75) is 33.6 Å². The third kappa shape index (κ3) is 2.99. The Morgan fingerprint density at radius 2 is 2.15 bits per heavy atom. The molecule has 5 nitrogen and oxygen atoms in total. The summed E-state index contributed by atoms with van der Waals surface area (Å²) in [4.78, 5) is 16.1. The molecule has 0 unspecified atom stereocenters. The largest absolute Gasteiger partial charge is 0.507 e. The van der Waals surface area contributed by atoms with Crippen molar-refractivity contribution in [3.63, 3.8) is 0 Å². The number of hydrogen-bond donors (Lipinski definition) is 2. The van der Waals surface area contributed by atoms with Crippen LogP contribution in [0.1, 0.15) is 40.6 Å². The van der Waals surface area contributed by atoms with E-state index in [9.17, 15) is 9.90 Å². The molecule has 0 atom stereocenters. The molecule has 0 aliphatic rings. The van der Waals surface area contributed by atoms with Gasteiger partial charge in [0.15, 0.2) is 0 Å². The number of benzene rings is 1. The van der Waals surface area contributed by atoms with Gasteiger partial charge in [0.2, 0.25) is 0 Å². The van der Waals surface area contributed by atoms with Gasteiger partial charge in [0.1, 0.15) is 11.5 Å². The lowest BCUT2D eigenvalue weighted by Gasteiger charge is -2.10. The number of aromatic hydroxyl groups is 1. The van der Waals surface area contributed by atoms with E-state index in [-0.39, 0.29) is 17.3 Å². The molecule has 1 aromatic carbocycles. The van der Waals surface area contributed by atoms with Crippen LogP contribution in [0, 0.1) is 13.8 Å². The van der Waals surface area contributed by atoms with E-state index in [2.05, 4.69) is 10.3 Å². The Bertz CT molecular complexity index is 632. The molecule has 1 amide bonds. The molecule has 2 N–H and O–H groups in total. The molecule has 0 aliphatic carbocycles. The molecular weight excluding hydrogens is 256 g/mol. The highest BCUT2D eigenvalue weighted by Crippen LogP contribution is 2.26. The second-order valence-electron chi connectivity index (χ2n) is 4.80. The molecule has 20 heavy (non-hydrogen) atoms. The summed E-state index contributed by atoms with van der Waals surface area (Å²) in [5.74, 6) is 0.212. The summed E-state index contributed by atoms with van der Waals surface area (Å²) in [6, 6.07) is 3.68. The summed E-state index contributed by atoms with van der Waals surface area (Å²) in [5.41, 5.74) is 1.95. The van der Waals surface area contributed by atoms with Crippen molar-refractivity contribution in [1.29, 1.82) is 0 Å². The lowest BCUT2D eigenvalue weighted by molar-refractivity contribution is 0.102. The number of phenolic OH excluding ortho intramolecular Hbond substituents is 1. The van der Waals surface area contributed by atoms with Crippen molar-refractivity contribution < 1.29 is 14.3 Å². The maximum Gasteiger partial charge on any atom is 0.301 e. The molecule has 2 rings (SSSR count). The third-order valence-corrected chi connectivity index (χ3v) is 2.94. The van der Waals surface area contributed by atoms with Crippen molar-refractivity contribution in [3.8, 4) is 5.75 Å². The van der Waals surface area contributed by atoms with Crippen molar-refractivity contribution in [1.82, 2.24) is 4.98 Å². The van der Waals surface area contributed by atoms with E-state index in [0.29, 0.717) is 5.76 Å². The van der Waals surface area contributed by atoms with E-state index >= 15 is 0 Å². The van der Waals surface area contributed by atoms with Crippen LogP contribution in [-0.2, 0) is 6.42 Å². The molecule has 0 saturated heterocycles. The average molecular weight is 274 g/mol. The van der Waals surface area contributed by atoms with Crippen molar-refractivity contribution in [2.75, 3.05) is 5.32 Å². The monoisotopic (exact) mass is 274 g/mol. The van der Waals surface area contributed by atoms with Gasteiger partial charge >= 0.3 is 6.01 Å². The quantitative estimate of drug-likeness (QED) is 0.897. The van der Waals surface area contributed by atoms with Crippen LogP contribution in [0.15, 0.2) is 22.7 Å². The van der Waals surface area contributed by atoms with Crippen molar-refractivity contribution >= 4 is 11.9 Å². The van der Waals surface area contributed by atoms with Gasteiger partial charge in [-0.3, -0.25) is 10.1 Å². The number of carbonyl (C=O) groups excluding carboxylic acids is 1. The molecular formula is C15H18N2O3. The summed E-state index contributed by atoms with van der Waals surface area (Å²) in [6.45, 7) is 5.66. The minimum atomic E-state index is -0.426. The molecule has 1 aromatic heterocycles. The number of nitrogens with one attached hydrogen (secondary N) is 1. The number of phenols is 1. The van der Waals surface area contributed by atoms with Crippen LogP contribution in [0.5, 0.6) is 5.75 Å². The Labute approximate surface area is 117 Å². The van der Waals surface area contributed by atoms with Crippen LogP contribution in [0.25, 0.3) is 0 Å². The van der Waals surface area contributed by atoms with Gasteiger partial charge in [0.25, 0.3) is 5.91 Å². The van der Waals surface area contributed by atoms with Crippen molar-refractivity contribution in [2.24, 2.45) is 0 Å². The van der Waals surface area contributed by atoms with E-state index in [4.69, 9.17) is 4.42 Å². The SMILES string of the molecule is CCCc1cc(C)cc(C(=O)Nc2ncc(C)o2)c1O. The molecule has 0 aliphatic heterocycles. The smallest absolute Gasteiger partial charge is 0.301 e. The second kappa shape index (κ2) is 5.77. The van der Waals surface area contributed by atoms with Gasteiger partial charge in [-0.25, -0.2) is 4.98 Å². The number of rotatable bonds is 4. The van der Waals surface area contributed by atoms with Gasteiger partial charge in [-0.2, -0.15) is 0 Å². The fraction of sp³-hybridized carbons (Fsp3) is 0.333. The van der Waals surface area contributed by atoms with E-state index in [1.807, 2.05) is 19.9 Å².